The number of carbonyl (C=O) groups is 1. The molecule has 0 fully saturated rings. The van der Waals surface area contributed by atoms with Crippen molar-refractivity contribution in [2.45, 2.75) is 6.04 Å². The summed E-state index contributed by atoms with van der Waals surface area (Å²) in [7, 11) is 1.29. The predicted molar refractivity (Wildman–Crippen MR) is 59.8 cm³/mol. The molecule has 0 radical (unpaired) electrons. The van der Waals surface area contributed by atoms with Crippen LogP contribution in [-0.2, 0) is 9.53 Å². The molecule has 0 saturated carbocycles. The topological polar surface area (TPSA) is 62.1 Å². The highest BCUT2D eigenvalue weighted by atomic mass is 35.5. The number of methoxy groups -OCH3 is 1. The number of ether oxygens (including phenoxy) is 1. The SMILES string of the molecule is COC(=O)CNC(C#N)c1ccccc1Cl. The molecule has 0 spiro atoms. The number of rotatable bonds is 4. The fourth-order valence-corrected chi connectivity index (χ4v) is 1.44. The van der Waals surface area contributed by atoms with Crippen molar-refractivity contribution >= 4 is 17.6 Å². The first-order chi connectivity index (χ1) is 7.69. The highest BCUT2D eigenvalue weighted by molar-refractivity contribution is 6.31. The van der Waals surface area contributed by atoms with Crippen molar-refractivity contribution in [2.24, 2.45) is 0 Å². The normalized spacial score (nSPS) is 11.6. The van der Waals surface area contributed by atoms with Crippen molar-refractivity contribution < 1.29 is 9.53 Å². The maximum absolute atomic E-state index is 10.9. The first-order valence-corrected chi connectivity index (χ1v) is 5.01. The summed E-state index contributed by atoms with van der Waals surface area (Å²) >= 11 is 5.94. The van der Waals surface area contributed by atoms with Crippen molar-refractivity contribution in [3.63, 3.8) is 0 Å². The van der Waals surface area contributed by atoms with E-state index < -0.39 is 12.0 Å². The van der Waals surface area contributed by atoms with Gasteiger partial charge in [0, 0.05) is 10.6 Å². The minimum Gasteiger partial charge on any atom is -0.468 e. The van der Waals surface area contributed by atoms with E-state index in [4.69, 9.17) is 16.9 Å². The van der Waals surface area contributed by atoms with Crippen LogP contribution < -0.4 is 5.32 Å². The van der Waals surface area contributed by atoms with E-state index in [1.165, 1.54) is 7.11 Å². The molecule has 0 saturated heterocycles. The van der Waals surface area contributed by atoms with Gasteiger partial charge in [-0.2, -0.15) is 5.26 Å². The van der Waals surface area contributed by atoms with E-state index in [1.807, 2.05) is 6.07 Å². The number of halogens is 1. The molecule has 0 amide bonds. The summed E-state index contributed by atoms with van der Waals surface area (Å²) in [5.41, 5.74) is 0.649. The Morgan fingerprint density at radius 3 is 2.88 bits per heavy atom. The number of carbonyl (C=O) groups excluding carboxylic acids is 1. The van der Waals surface area contributed by atoms with Gasteiger partial charge < -0.3 is 4.74 Å². The van der Waals surface area contributed by atoms with Crippen LogP contribution in [0, 0.1) is 11.3 Å². The smallest absolute Gasteiger partial charge is 0.319 e. The van der Waals surface area contributed by atoms with Gasteiger partial charge in [-0.15, -0.1) is 0 Å². The standard InChI is InChI=1S/C11H11ClN2O2/c1-16-11(15)7-14-10(6-13)8-4-2-3-5-9(8)12/h2-5,10,14H,7H2,1H3. The van der Waals surface area contributed by atoms with E-state index >= 15 is 0 Å². The Kier molecular flexibility index (Phi) is 4.77. The van der Waals surface area contributed by atoms with Gasteiger partial charge in [0.05, 0.1) is 19.7 Å². The quantitative estimate of drug-likeness (QED) is 0.811. The van der Waals surface area contributed by atoms with Gasteiger partial charge >= 0.3 is 5.97 Å². The van der Waals surface area contributed by atoms with Gasteiger partial charge in [-0.1, -0.05) is 29.8 Å². The van der Waals surface area contributed by atoms with Crippen LogP contribution in [-0.4, -0.2) is 19.6 Å². The van der Waals surface area contributed by atoms with Crippen LogP contribution in [0.1, 0.15) is 11.6 Å². The van der Waals surface area contributed by atoms with E-state index in [2.05, 4.69) is 10.1 Å². The average Bonchev–Trinajstić information content (AvgIpc) is 2.31. The molecule has 1 aromatic carbocycles. The summed E-state index contributed by atoms with van der Waals surface area (Å²) in [5, 5.41) is 12.2. The van der Waals surface area contributed by atoms with Crippen molar-refractivity contribution in [1.29, 1.82) is 5.26 Å². The largest absolute Gasteiger partial charge is 0.468 e. The Balaban J connectivity index is 2.73. The zero-order chi connectivity index (χ0) is 12.0. The molecule has 4 nitrogen and oxygen atoms in total. The first kappa shape index (κ1) is 12.5. The van der Waals surface area contributed by atoms with Gasteiger partial charge in [0.1, 0.15) is 6.04 Å². The maximum Gasteiger partial charge on any atom is 0.319 e. The van der Waals surface area contributed by atoms with Gasteiger partial charge in [0.25, 0.3) is 0 Å². The van der Waals surface area contributed by atoms with E-state index in [1.54, 1.807) is 24.3 Å². The van der Waals surface area contributed by atoms with Crippen molar-refractivity contribution in [3.05, 3.63) is 34.9 Å². The summed E-state index contributed by atoms with van der Waals surface area (Å²) in [5.74, 6) is -0.424. The highest BCUT2D eigenvalue weighted by Gasteiger charge is 2.14. The lowest BCUT2D eigenvalue weighted by Gasteiger charge is -2.12. The number of benzene rings is 1. The Morgan fingerprint density at radius 1 is 1.62 bits per heavy atom. The van der Waals surface area contributed by atoms with Gasteiger partial charge in [-0.25, -0.2) is 0 Å². The average molecular weight is 239 g/mol. The fourth-order valence-electron chi connectivity index (χ4n) is 1.19. The lowest BCUT2D eigenvalue weighted by Crippen LogP contribution is -2.27. The number of hydrogen-bond donors (Lipinski definition) is 1. The summed E-state index contributed by atoms with van der Waals surface area (Å²) in [6, 6.07) is 8.41. The van der Waals surface area contributed by atoms with E-state index in [0.29, 0.717) is 10.6 Å². The van der Waals surface area contributed by atoms with E-state index in [-0.39, 0.29) is 6.54 Å². The third-order valence-electron chi connectivity index (χ3n) is 2.02. The summed E-state index contributed by atoms with van der Waals surface area (Å²) < 4.78 is 4.47. The minimum absolute atomic E-state index is 0.0278. The number of hydrogen-bond acceptors (Lipinski definition) is 4. The number of nitriles is 1. The maximum atomic E-state index is 10.9. The van der Waals surface area contributed by atoms with Crippen LogP contribution in [0.3, 0.4) is 0 Å². The third-order valence-corrected chi connectivity index (χ3v) is 2.37. The predicted octanol–water partition coefficient (Wildman–Crippen LogP) is 1.67. The zero-order valence-electron chi connectivity index (χ0n) is 8.74. The third kappa shape index (κ3) is 3.23. The Hall–Kier alpha value is -1.57. The molecule has 0 aromatic heterocycles. The van der Waals surface area contributed by atoms with Crippen molar-refractivity contribution in [3.8, 4) is 6.07 Å². The van der Waals surface area contributed by atoms with Gasteiger partial charge in [0.15, 0.2) is 0 Å². The van der Waals surface area contributed by atoms with Crippen LogP contribution in [0.5, 0.6) is 0 Å². The van der Waals surface area contributed by atoms with Crippen LogP contribution >= 0.6 is 11.6 Å². The van der Waals surface area contributed by atoms with Gasteiger partial charge in [0.2, 0.25) is 0 Å². The van der Waals surface area contributed by atoms with Crippen LogP contribution in [0.15, 0.2) is 24.3 Å². The van der Waals surface area contributed by atoms with Crippen LogP contribution in [0.2, 0.25) is 5.02 Å². The summed E-state index contributed by atoms with van der Waals surface area (Å²) in [6.45, 7) is -0.0278. The Morgan fingerprint density at radius 2 is 2.31 bits per heavy atom. The second kappa shape index (κ2) is 6.11. The van der Waals surface area contributed by atoms with Gasteiger partial charge in [-0.3, -0.25) is 10.1 Å². The molecule has 1 atom stereocenters. The number of nitrogens with zero attached hydrogens (tertiary/aromatic N) is 1. The fraction of sp³-hybridized carbons (Fsp3) is 0.273. The second-order valence-corrected chi connectivity index (χ2v) is 3.45. The van der Waals surface area contributed by atoms with Crippen LogP contribution in [0.25, 0.3) is 0 Å². The van der Waals surface area contributed by atoms with Crippen molar-refractivity contribution in [2.75, 3.05) is 13.7 Å². The van der Waals surface area contributed by atoms with E-state index in [9.17, 15) is 4.79 Å². The molecule has 1 N–H and O–H groups in total. The molecule has 0 bridgehead atoms. The first-order valence-electron chi connectivity index (χ1n) is 4.63. The van der Waals surface area contributed by atoms with Gasteiger partial charge in [-0.05, 0) is 6.07 Å². The number of esters is 1. The summed E-state index contributed by atoms with van der Waals surface area (Å²) in [6.07, 6.45) is 0. The molecule has 0 aliphatic heterocycles. The van der Waals surface area contributed by atoms with Crippen LogP contribution in [0.4, 0.5) is 0 Å². The minimum atomic E-state index is -0.618. The molecule has 0 aliphatic carbocycles. The molecule has 0 aliphatic rings. The molecule has 1 unspecified atom stereocenters. The molecule has 5 heteroatoms. The number of nitrogens with one attached hydrogen (secondary N) is 1. The molecule has 16 heavy (non-hydrogen) atoms. The molecule has 1 rings (SSSR count). The molecular formula is C11H11ClN2O2. The highest BCUT2D eigenvalue weighted by Crippen LogP contribution is 2.21. The molecular weight excluding hydrogens is 228 g/mol. The monoisotopic (exact) mass is 238 g/mol. The molecule has 1 aromatic rings. The second-order valence-electron chi connectivity index (χ2n) is 3.04. The lowest BCUT2D eigenvalue weighted by atomic mass is 10.1. The van der Waals surface area contributed by atoms with Crippen molar-refractivity contribution in [1.82, 2.24) is 5.32 Å². The molecule has 0 heterocycles. The zero-order valence-corrected chi connectivity index (χ0v) is 9.49. The molecule has 84 valence electrons. The lowest BCUT2D eigenvalue weighted by molar-refractivity contribution is -0.139. The van der Waals surface area contributed by atoms with E-state index in [0.717, 1.165) is 0 Å². The summed E-state index contributed by atoms with van der Waals surface area (Å²) in [4.78, 5) is 10.9. The Labute approximate surface area is 98.8 Å². The Bertz CT molecular complexity index is 415.